The molecule has 1 heterocycles. The molecule has 2 unspecified atom stereocenters. The van der Waals surface area contributed by atoms with Crippen LogP contribution in [0.4, 0.5) is 0 Å². The van der Waals surface area contributed by atoms with E-state index in [1.54, 1.807) is 0 Å². The topological polar surface area (TPSA) is 69.6 Å². The molecule has 1 saturated heterocycles. The van der Waals surface area contributed by atoms with Crippen LogP contribution in [0, 0.1) is 5.92 Å². The van der Waals surface area contributed by atoms with Gasteiger partial charge < -0.3 is 10.4 Å². The first-order valence-electron chi connectivity index (χ1n) is 9.84. The van der Waals surface area contributed by atoms with Crippen molar-refractivity contribution in [3.8, 4) is 0 Å². The first-order valence-corrected chi connectivity index (χ1v) is 9.84. The van der Waals surface area contributed by atoms with Gasteiger partial charge in [-0.2, -0.15) is 0 Å². The monoisotopic (exact) mass is 358 g/mol. The molecule has 2 aliphatic rings. The van der Waals surface area contributed by atoms with Gasteiger partial charge in [0.1, 0.15) is 0 Å². The predicted molar refractivity (Wildman–Crippen MR) is 101 cm³/mol. The second-order valence-corrected chi connectivity index (χ2v) is 7.79. The van der Waals surface area contributed by atoms with Crippen molar-refractivity contribution in [3.63, 3.8) is 0 Å². The number of carbonyl (C=O) groups excluding carboxylic acids is 1. The van der Waals surface area contributed by atoms with E-state index in [1.807, 2.05) is 13.8 Å². The Morgan fingerprint density at radius 3 is 2.42 bits per heavy atom. The van der Waals surface area contributed by atoms with Crippen LogP contribution in [0.25, 0.3) is 0 Å². The Morgan fingerprint density at radius 1 is 1.12 bits per heavy atom. The smallest absolute Gasteiger partial charge is 0.306 e. The second kappa shape index (κ2) is 8.21. The zero-order chi connectivity index (χ0) is 18.7. The minimum atomic E-state index is -0.720. The van der Waals surface area contributed by atoms with Gasteiger partial charge in [-0.25, -0.2) is 0 Å². The summed E-state index contributed by atoms with van der Waals surface area (Å²) in [5, 5.41) is 12.2. The second-order valence-electron chi connectivity index (χ2n) is 7.79. The standard InChI is InChI=1S/C21H30N2O3/c1-14(18-8-7-16-5-3-4-6-19(16)13-18)22-20(24)15(2)23-11-9-17(10-12-23)21(25)26/h7-8,13-15,17H,3-6,9-12H2,1-2H3,(H,22,24)(H,25,26). The number of fused-ring (bicyclic) bond motifs is 1. The summed E-state index contributed by atoms with van der Waals surface area (Å²) in [6, 6.07) is 6.35. The summed E-state index contributed by atoms with van der Waals surface area (Å²) >= 11 is 0. The molecule has 2 atom stereocenters. The average Bonchev–Trinajstić information content (AvgIpc) is 2.67. The number of benzene rings is 1. The van der Waals surface area contributed by atoms with Crippen molar-refractivity contribution in [2.45, 2.75) is 64.5 Å². The third-order valence-corrected chi connectivity index (χ3v) is 6.04. The molecule has 0 aromatic heterocycles. The number of nitrogens with one attached hydrogen (secondary N) is 1. The lowest BCUT2D eigenvalue weighted by Gasteiger charge is -2.34. The number of piperidine rings is 1. The van der Waals surface area contributed by atoms with Crippen molar-refractivity contribution in [3.05, 3.63) is 34.9 Å². The molecule has 1 fully saturated rings. The van der Waals surface area contributed by atoms with Crippen molar-refractivity contribution >= 4 is 11.9 Å². The fourth-order valence-corrected chi connectivity index (χ4v) is 4.14. The SMILES string of the molecule is CC(NC(=O)C(C)N1CCC(C(=O)O)CC1)c1ccc2c(c1)CCCC2. The molecule has 1 aliphatic carbocycles. The number of aryl methyl sites for hydroxylation is 2. The Bertz CT molecular complexity index is 665. The number of nitrogens with zero attached hydrogens (tertiary/aromatic N) is 1. The molecular weight excluding hydrogens is 328 g/mol. The van der Waals surface area contributed by atoms with E-state index in [1.165, 1.54) is 30.4 Å². The zero-order valence-electron chi connectivity index (χ0n) is 15.8. The Labute approximate surface area is 155 Å². The molecule has 0 radical (unpaired) electrons. The molecule has 2 N–H and O–H groups in total. The van der Waals surface area contributed by atoms with Gasteiger partial charge in [-0.05, 0) is 82.2 Å². The Kier molecular flexibility index (Phi) is 5.97. The van der Waals surface area contributed by atoms with Gasteiger partial charge in [0.2, 0.25) is 5.91 Å². The molecule has 0 bridgehead atoms. The van der Waals surface area contributed by atoms with Gasteiger partial charge in [0.15, 0.2) is 0 Å². The fraction of sp³-hybridized carbons (Fsp3) is 0.619. The van der Waals surface area contributed by atoms with E-state index in [9.17, 15) is 9.59 Å². The van der Waals surface area contributed by atoms with Crippen molar-refractivity contribution in [2.24, 2.45) is 5.92 Å². The molecule has 3 rings (SSSR count). The van der Waals surface area contributed by atoms with E-state index in [4.69, 9.17) is 5.11 Å². The van der Waals surface area contributed by atoms with Crippen LogP contribution in [0.5, 0.6) is 0 Å². The maximum absolute atomic E-state index is 12.7. The molecule has 1 aromatic rings. The molecule has 0 saturated carbocycles. The zero-order valence-corrected chi connectivity index (χ0v) is 15.8. The highest BCUT2D eigenvalue weighted by molar-refractivity contribution is 5.81. The first kappa shape index (κ1) is 18.9. The highest BCUT2D eigenvalue weighted by Crippen LogP contribution is 2.25. The minimum Gasteiger partial charge on any atom is -0.481 e. The van der Waals surface area contributed by atoms with Crippen LogP contribution in [0.15, 0.2) is 18.2 Å². The third kappa shape index (κ3) is 4.26. The molecule has 26 heavy (non-hydrogen) atoms. The van der Waals surface area contributed by atoms with Crippen LogP contribution < -0.4 is 5.32 Å². The summed E-state index contributed by atoms with van der Waals surface area (Å²) in [5.41, 5.74) is 4.04. The number of likely N-dealkylation sites (tertiary alicyclic amines) is 1. The van der Waals surface area contributed by atoms with E-state index in [-0.39, 0.29) is 23.9 Å². The molecule has 5 nitrogen and oxygen atoms in total. The highest BCUT2D eigenvalue weighted by atomic mass is 16.4. The van der Waals surface area contributed by atoms with Crippen LogP contribution in [0.1, 0.15) is 62.3 Å². The number of amides is 1. The molecule has 1 aliphatic heterocycles. The molecular formula is C21H30N2O3. The average molecular weight is 358 g/mol. The van der Waals surface area contributed by atoms with Gasteiger partial charge in [-0.1, -0.05) is 18.2 Å². The van der Waals surface area contributed by atoms with Gasteiger partial charge in [-0.15, -0.1) is 0 Å². The van der Waals surface area contributed by atoms with Crippen LogP contribution in [0.3, 0.4) is 0 Å². The van der Waals surface area contributed by atoms with Crippen molar-refractivity contribution in [1.29, 1.82) is 0 Å². The normalized spacial score (nSPS) is 20.8. The summed E-state index contributed by atoms with van der Waals surface area (Å²) < 4.78 is 0. The van der Waals surface area contributed by atoms with Crippen molar-refractivity contribution in [1.82, 2.24) is 10.2 Å². The largest absolute Gasteiger partial charge is 0.481 e. The lowest BCUT2D eigenvalue weighted by Crippen LogP contribution is -2.49. The summed E-state index contributed by atoms with van der Waals surface area (Å²) in [5.74, 6) is -0.970. The number of aliphatic carboxylic acids is 1. The summed E-state index contributed by atoms with van der Waals surface area (Å²) in [4.78, 5) is 25.8. The third-order valence-electron chi connectivity index (χ3n) is 6.04. The number of carboxylic acid groups (broad SMARTS) is 1. The quantitative estimate of drug-likeness (QED) is 0.849. The van der Waals surface area contributed by atoms with Crippen LogP contribution in [-0.2, 0) is 22.4 Å². The number of rotatable bonds is 5. The van der Waals surface area contributed by atoms with E-state index in [0.717, 1.165) is 12.0 Å². The maximum Gasteiger partial charge on any atom is 0.306 e. The van der Waals surface area contributed by atoms with Gasteiger partial charge in [0.05, 0.1) is 18.0 Å². The molecule has 142 valence electrons. The van der Waals surface area contributed by atoms with E-state index in [2.05, 4.69) is 28.4 Å². The summed E-state index contributed by atoms with van der Waals surface area (Å²) in [6.45, 7) is 5.28. The van der Waals surface area contributed by atoms with E-state index >= 15 is 0 Å². The minimum absolute atomic E-state index is 0.0176. The molecule has 1 amide bonds. The predicted octanol–water partition coefficient (Wildman–Crippen LogP) is 2.93. The molecule has 5 heteroatoms. The van der Waals surface area contributed by atoms with Crippen molar-refractivity contribution in [2.75, 3.05) is 13.1 Å². The van der Waals surface area contributed by atoms with Gasteiger partial charge in [0.25, 0.3) is 0 Å². The Balaban J connectivity index is 1.56. The van der Waals surface area contributed by atoms with Gasteiger partial charge in [-0.3, -0.25) is 14.5 Å². The number of hydrogen-bond acceptors (Lipinski definition) is 3. The van der Waals surface area contributed by atoms with Crippen LogP contribution >= 0.6 is 0 Å². The first-order chi connectivity index (χ1) is 12.5. The highest BCUT2D eigenvalue weighted by Gasteiger charge is 2.30. The van der Waals surface area contributed by atoms with E-state index in [0.29, 0.717) is 25.9 Å². The molecule has 0 spiro atoms. The lowest BCUT2D eigenvalue weighted by molar-refractivity contribution is -0.143. The number of carbonyl (C=O) groups is 2. The Hall–Kier alpha value is -1.88. The van der Waals surface area contributed by atoms with Crippen LogP contribution in [-0.4, -0.2) is 41.0 Å². The van der Waals surface area contributed by atoms with Gasteiger partial charge >= 0.3 is 5.97 Å². The maximum atomic E-state index is 12.7. The Morgan fingerprint density at radius 2 is 1.77 bits per heavy atom. The lowest BCUT2D eigenvalue weighted by atomic mass is 9.89. The number of carboxylic acids is 1. The number of hydrogen-bond donors (Lipinski definition) is 2. The van der Waals surface area contributed by atoms with E-state index < -0.39 is 5.97 Å². The van der Waals surface area contributed by atoms with Gasteiger partial charge in [0, 0.05) is 0 Å². The fourth-order valence-electron chi connectivity index (χ4n) is 4.14. The molecule has 1 aromatic carbocycles. The van der Waals surface area contributed by atoms with Crippen LogP contribution in [0.2, 0.25) is 0 Å². The summed E-state index contributed by atoms with van der Waals surface area (Å²) in [7, 11) is 0. The summed E-state index contributed by atoms with van der Waals surface area (Å²) in [6.07, 6.45) is 6.06. The van der Waals surface area contributed by atoms with Crippen molar-refractivity contribution < 1.29 is 14.7 Å².